The van der Waals surface area contributed by atoms with E-state index in [1.54, 1.807) is 12.1 Å². The first-order chi connectivity index (χ1) is 13.9. The van der Waals surface area contributed by atoms with Crippen LogP contribution in [0.3, 0.4) is 0 Å². The fourth-order valence-electron chi connectivity index (χ4n) is 3.13. The molecule has 1 N–H and O–H groups in total. The zero-order valence-electron chi connectivity index (χ0n) is 16.4. The second kappa shape index (κ2) is 7.50. The Morgan fingerprint density at radius 3 is 2.45 bits per heavy atom. The predicted molar refractivity (Wildman–Crippen MR) is 110 cm³/mol. The second-order valence-electron chi connectivity index (χ2n) is 7.51. The summed E-state index contributed by atoms with van der Waals surface area (Å²) in [7, 11) is 0. The first-order valence-electron chi connectivity index (χ1n) is 9.60. The molecule has 1 fully saturated rings. The average Bonchev–Trinajstić information content (AvgIpc) is 3.50. The minimum absolute atomic E-state index is 0.0669. The minimum atomic E-state index is -0.682. The van der Waals surface area contributed by atoms with Gasteiger partial charge in [-0.05, 0) is 44.4 Å². The minimum Gasteiger partial charge on any atom is -0.348 e. The summed E-state index contributed by atoms with van der Waals surface area (Å²) in [6.07, 6.45) is 1.78. The Morgan fingerprint density at radius 2 is 1.79 bits per heavy atom. The molecule has 1 aromatic heterocycles. The number of aryl methyl sites for hydroxylation is 2. The van der Waals surface area contributed by atoms with E-state index in [0.717, 1.165) is 38.8 Å². The third-order valence-corrected chi connectivity index (χ3v) is 4.89. The molecule has 1 aliphatic rings. The number of hydrogen-bond donors (Lipinski definition) is 1. The molecule has 148 valence electrons. The van der Waals surface area contributed by atoms with Gasteiger partial charge in [0.05, 0.1) is 12.2 Å². The smallest absolute Gasteiger partial charge is 0.348 e. The zero-order chi connectivity index (χ0) is 20.5. The van der Waals surface area contributed by atoms with Crippen LogP contribution in [0.15, 0.2) is 58.1 Å². The highest BCUT2D eigenvalue weighted by Gasteiger charge is 2.27. The molecule has 29 heavy (non-hydrogen) atoms. The number of amides is 1. The van der Waals surface area contributed by atoms with Gasteiger partial charge in [0.2, 0.25) is 5.69 Å². The largest absolute Gasteiger partial charge is 0.352 e. The molecule has 7 nitrogen and oxygen atoms in total. The number of carbonyl (C=O) groups is 1. The highest BCUT2D eigenvalue weighted by Crippen LogP contribution is 2.18. The predicted octanol–water partition coefficient (Wildman–Crippen LogP) is 1.95. The molecule has 7 heteroatoms. The van der Waals surface area contributed by atoms with Gasteiger partial charge in [0.15, 0.2) is 0 Å². The van der Waals surface area contributed by atoms with Crippen molar-refractivity contribution in [3.05, 3.63) is 91.8 Å². The van der Waals surface area contributed by atoms with Crippen LogP contribution in [-0.4, -0.2) is 26.3 Å². The van der Waals surface area contributed by atoms with Gasteiger partial charge in [0.1, 0.15) is 0 Å². The quantitative estimate of drug-likeness (QED) is 0.722. The molecule has 0 bridgehead atoms. The summed E-state index contributed by atoms with van der Waals surface area (Å²) < 4.78 is 2.20. The number of benzene rings is 2. The Bertz CT molecular complexity index is 1190. The summed E-state index contributed by atoms with van der Waals surface area (Å²) in [5.41, 5.74) is 1.82. The third kappa shape index (κ3) is 4.03. The highest BCUT2D eigenvalue weighted by atomic mass is 16.2. The van der Waals surface area contributed by atoms with Crippen LogP contribution < -0.4 is 16.6 Å². The summed E-state index contributed by atoms with van der Waals surface area (Å²) in [5, 5.41) is 6.92. The standard InChI is InChI=1S/C22H22N4O3/c1-14-6-10-18(11-7-14)26-22(29)25(13-16-5-3-4-15(2)12-16)21(28)19(24-26)20(27)23-17-8-9-17/h3-7,10-12,17H,8-9,13H2,1-2H3,(H,23,27). The van der Waals surface area contributed by atoms with Crippen LogP contribution in [0.1, 0.15) is 40.0 Å². The van der Waals surface area contributed by atoms with Gasteiger partial charge < -0.3 is 5.32 Å². The van der Waals surface area contributed by atoms with Crippen molar-refractivity contribution in [1.29, 1.82) is 0 Å². The monoisotopic (exact) mass is 390 g/mol. The van der Waals surface area contributed by atoms with E-state index in [4.69, 9.17) is 0 Å². The van der Waals surface area contributed by atoms with Crippen molar-refractivity contribution in [3.63, 3.8) is 0 Å². The van der Waals surface area contributed by atoms with Crippen LogP contribution in [-0.2, 0) is 6.54 Å². The second-order valence-corrected chi connectivity index (χ2v) is 7.51. The number of aromatic nitrogens is 3. The van der Waals surface area contributed by atoms with Crippen molar-refractivity contribution in [3.8, 4) is 5.69 Å². The maximum atomic E-state index is 13.1. The number of rotatable bonds is 5. The molecule has 1 aliphatic carbocycles. The third-order valence-electron chi connectivity index (χ3n) is 4.89. The van der Waals surface area contributed by atoms with E-state index < -0.39 is 17.2 Å². The van der Waals surface area contributed by atoms with Gasteiger partial charge in [-0.25, -0.2) is 4.79 Å². The molecule has 0 spiro atoms. The Labute approximate surface area is 167 Å². The Morgan fingerprint density at radius 1 is 1.07 bits per heavy atom. The highest BCUT2D eigenvalue weighted by molar-refractivity contribution is 5.92. The average molecular weight is 390 g/mol. The molecule has 4 rings (SSSR count). The normalized spacial score (nSPS) is 13.3. The van der Waals surface area contributed by atoms with E-state index in [9.17, 15) is 14.4 Å². The molecule has 0 aliphatic heterocycles. The van der Waals surface area contributed by atoms with Crippen LogP contribution in [0, 0.1) is 13.8 Å². The molecule has 0 unspecified atom stereocenters. The zero-order valence-corrected chi connectivity index (χ0v) is 16.4. The first kappa shape index (κ1) is 18.9. The summed E-state index contributed by atoms with van der Waals surface area (Å²) in [4.78, 5) is 38.7. The van der Waals surface area contributed by atoms with E-state index >= 15 is 0 Å². The lowest BCUT2D eigenvalue weighted by Gasteiger charge is -2.12. The van der Waals surface area contributed by atoms with Crippen molar-refractivity contribution in [2.45, 2.75) is 39.3 Å². The lowest BCUT2D eigenvalue weighted by molar-refractivity contribution is 0.0941. The topological polar surface area (TPSA) is 86.0 Å². The Balaban J connectivity index is 1.86. The van der Waals surface area contributed by atoms with Crippen molar-refractivity contribution in [1.82, 2.24) is 19.7 Å². The van der Waals surface area contributed by atoms with E-state index in [2.05, 4.69) is 10.4 Å². The van der Waals surface area contributed by atoms with E-state index in [1.165, 1.54) is 0 Å². The number of nitrogens with zero attached hydrogens (tertiary/aromatic N) is 3. The van der Waals surface area contributed by atoms with Crippen molar-refractivity contribution in [2.75, 3.05) is 0 Å². The fourth-order valence-corrected chi connectivity index (χ4v) is 3.13. The molecule has 1 amide bonds. The van der Waals surface area contributed by atoms with Crippen LogP contribution in [0.4, 0.5) is 0 Å². The van der Waals surface area contributed by atoms with E-state index in [0.29, 0.717) is 5.69 Å². The Hall–Kier alpha value is -3.48. The van der Waals surface area contributed by atoms with Gasteiger partial charge in [0.25, 0.3) is 11.5 Å². The van der Waals surface area contributed by atoms with Gasteiger partial charge in [0, 0.05) is 6.04 Å². The van der Waals surface area contributed by atoms with E-state index in [-0.39, 0.29) is 18.3 Å². The molecule has 0 saturated heterocycles. The van der Waals surface area contributed by atoms with Crippen LogP contribution >= 0.6 is 0 Å². The maximum absolute atomic E-state index is 13.1. The maximum Gasteiger partial charge on any atom is 0.352 e. The summed E-state index contributed by atoms with van der Waals surface area (Å²) >= 11 is 0. The van der Waals surface area contributed by atoms with Crippen LogP contribution in [0.2, 0.25) is 0 Å². The number of carbonyl (C=O) groups excluding carboxylic acids is 1. The van der Waals surface area contributed by atoms with Gasteiger partial charge in [-0.3, -0.25) is 14.2 Å². The summed E-state index contributed by atoms with van der Waals surface area (Å²) in [5.74, 6) is -0.545. The molecule has 0 atom stereocenters. The number of nitrogens with one attached hydrogen (secondary N) is 1. The lowest BCUT2D eigenvalue weighted by atomic mass is 10.1. The molecule has 1 heterocycles. The van der Waals surface area contributed by atoms with E-state index in [1.807, 2.05) is 50.2 Å². The van der Waals surface area contributed by atoms with Gasteiger partial charge in [-0.15, -0.1) is 0 Å². The molecular formula is C22H22N4O3. The fraction of sp³-hybridized carbons (Fsp3) is 0.273. The molecule has 3 aromatic rings. The lowest BCUT2D eigenvalue weighted by Crippen LogP contribution is -2.46. The summed E-state index contributed by atoms with van der Waals surface area (Å²) in [6, 6.07) is 14.8. The van der Waals surface area contributed by atoms with Crippen LogP contribution in [0.25, 0.3) is 5.69 Å². The molecule has 1 saturated carbocycles. The van der Waals surface area contributed by atoms with Crippen LogP contribution in [0.5, 0.6) is 0 Å². The SMILES string of the molecule is Cc1ccc(-n2nc(C(=O)NC3CC3)c(=O)n(Cc3cccc(C)c3)c2=O)cc1. The van der Waals surface area contributed by atoms with Gasteiger partial charge in [-0.1, -0.05) is 47.5 Å². The van der Waals surface area contributed by atoms with Crippen molar-refractivity contribution >= 4 is 5.91 Å². The van der Waals surface area contributed by atoms with Crippen molar-refractivity contribution in [2.24, 2.45) is 0 Å². The van der Waals surface area contributed by atoms with Gasteiger partial charge in [-0.2, -0.15) is 9.78 Å². The summed E-state index contributed by atoms with van der Waals surface area (Å²) in [6.45, 7) is 3.95. The van der Waals surface area contributed by atoms with Gasteiger partial charge >= 0.3 is 5.69 Å². The molecule has 2 aromatic carbocycles. The van der Waals surface area contributed by atoms with Crippen molar-refractivity contribution < 1.29 is 4.79 Å². The molecular weight excluding hydrogens is 368 g/mol. The first-order valence-corrected chi connectivity index (χ1v) is 9.60. The Kier molecular flexibility index (Phi) is 4.88. The number of hydrogen-bond acceptors (Lipinski definition) is 4. The molecule has 0 radical (unpaired) electrons.